The molecule has 0 aliphatic carbocycles. The van der Waals surface area contributed by atoms with E-state index in [1.807, 2.05) is 14.1 Å². The van der Waals surface area contributed by atoms with Crippen LogP contribution >= 0.6 is 11.6 Å². The largest absolute Gasteiger partial charge is 0.396 e. The number of rotatable bonds is 5. The van der Waals surface area contributed by atoms with Crippen molar-refractivity contribution in [3.63, 3.8) is 0 Å². The lowest BCUT2D eigenvalue weighted by Crippen LogP contribution is -2.28. The van der Waals surface area contributed by atoms with Gasteiger partial charge in [-0.1, -0.05) is 17.7 Å². The topological polar surface area (TPSA) is 26.7 Å². The lowest BCUT2D eigenvalue weighted by atomic mass is 9.97. The van der Waals surface area contributed by atoms with E-state index in [1.165, 1.54) is 12.1 Å². The van der Waals surface area contributed by atoms with Gasteiger partial charge in [-0.3, -0.25) is 4.90 Å². The van der Waals surface area contributed by atoms with Crippen molar-refractivity contribution in [1.82, 2.24) is 9.80 Å². The Bertz CT molecular complexity index is 455. The number of benzene rings is 1. The second-order valence-electron chi connectivity index (χ2n) is 5.89. The van der Waals surface area contributed by atoms with Gasteiger partial charge in [-0.05, 0) is 43.6 Å². The van der Waals surface area contributed by atoms with E-state index in [2.05, 4.69) is 9.80 Å². The summed E-state index contributed by atoms with van der Waals surface area (Å²) in [6.07, 6.45) is 0. The maximum Gasteiger partial charge on any atom is 0.124 e. The summed E-state index contributed by atoms with van der Waals surface area (Å²) in [5.74, 6) is 0.463. The molecule has 1 aromatic rings. The second kappa shape index (κ2) is 6.85. The van der Waals surface area contributed by atoms with Crippen molar-refractivity contribution in [3.05, 3.63) is 34.6 Å². The van der Waals surface area contributed by atoms with Gasteiger partial charge in [-0.25, -0.2) is 4.39 Å². The van der Waals surface area contributed by atoms with Gasteiger partial charge in [0.25, 0.3) is 0 Å². The van der Waals surface area contributed by atoms with Crippen molar-refractivity contribution in [3.8, 4) is 0 Å². The third kappa shape index (κ3) is 3.92. The van der Waals surface area contributed by atoms with Crippen LogP contribution in [0.2, 0.25) is 5.02 Å². The number of nitrogens with zero attached hydrogens (tertiary/aromatic N) is 2. The Morgan fingerprint density at radius 2 is 2.05 bits per heavy atom. The normalized spacial score (nSPS) is 23.7. The van der Waals surface area contributed by atoms with Crippen LogP contribution in [0.4, 0.5) is 4.39 Å². The number of hydrogen-bond donors (Lipinski definition) is 1. The van der Waals surface area contributed by atoms with Crippen LogP contribution in [0.15, 0.2) is 18.2 Å². The molecule has 1 fully saturated rings. The summed E-state index contributed by atoms with van der Waals surface area (Å²) in [7, 11) is 4.10. The summed E-state index contributed by atoms with van der Waals surface area (Å²) < 4.78 is 13.0. The third-order valence-corrected chi connectivity index (χ3v) is 4.25. The van der Waals surface area contributed by atoms with Crippen LogP contribution in [0.5, 0.6) is 0 Å². The Balaban J connectivity index is 2.00. The fraction of sp³-hybridized carbons (Fsp3) is 0.600. The number of halogens is 2. The van der Waals surface area contributed by atoms with Gasteiger partial charge in [0.15, 0.2) is 0 Å². The van der Waals surface area contributed by atoms with Crippen LogP contribution in [0.3, 0.4) is 0 Å². The Morgan fingerprint density at radius 3 is 2.65 bits per heavy atom. The summed E-state index contributed by atoms with van der Waals surface area (Å²) in [6, 6.07) is 4.54. The van der Waals surface area contributed by atoms with Crippen LogP contribution < -0.4 is 0 Å². The molecule has 1 aliphatic heterocycles. The lowest BCUT2D eigenvalue weighted by molar-refractivity contribution is 0.183. The van der Waals surface area contributed by atoms with Crippen molar-refractivity contribution in [2.75, 3.05) is 40.3 Å². The molecular formula is C15H22ClFN2O. The maximum absolute atomic E-state index is 13.0. The Hall–Kier alpha value is -0.680. The molecule has 0 unspecified atom stereocenters. The first-order valence-corrected chi connectivity index (χ1v) is 7.29. The molecule has 1 saturated heterocycles. The molecule has 0 aromatic heterocycles. The second-order valence-corrected chi connectivity index (χ2v) is 6.30. The minimum atomic E-state index is -0.307. The number of likely N-dealkylation sites (tertiary alicyclic amines) is 1. The van der Waals surface area contributed by atoms with Crippen LogP contribution in [0, 0.1) is 17.7 Å². The summed E-state index contributed by atoms with van der Waals surface area (Å²) in [6.45, 7) is 3.70. The van der Waals surface area contributed by atoms with Crippen molar-refractivity contribution >= 4 is 11.6 Å². The molecule has 1 aromatic carbocycles. The minimum absolute atomic E-state index is 0.214. The molecule has 3 nitrogen and oxygen atoms in total. The highest BCUT2D eigenvalue weighted by atomic mass is 35.5. The fourth-order valence-electron chi connectivity index (χ4n) is 2.94. The molecule has 1 N–H and O–H groups in total. The zero-order chi connectivity index (χ0) is 14.7. The van der Waals surface area contributed by atoms with Crippen LogP contribution in [-0.4, -0.2) is 55.2 Å². The van der Waals surface area contributed by atoms with E-state index in [-0.39, 0.29) is 12.4 Å². The zero-order valence-corrected chi connectivity index (χ0v) is 12.8. The molecule has 112 valence electrons. The average molecular weight is 301 g/mol. The van der Waals surface area contributed by atoms with Crippen molar-refractivity contribution in [2.45, 2.75) is 6.54 Å². The molecule has 1 heterocycles. The number of aliphatic hydroxyl groups is 1. The lowest BCUT2D eigenvalue weighted by Gasteiger charge is -2.20. The first-order valence-electron chi connectivity index (χ1n) is 6.91. The maximum atomic E-state index is 13.0. The smallest absolute Gasteiger partial charge is 0.124 e. The third-order valence-electron chi connectivity index (χ3n) is 3.90. The average Bonchev–Trinajstić information content (AvgIpc) is 2.74. The van der Waals surface area contributed by atoms with Gasteiger partial charge < -0.3 is 10.0 Å². The Morgan fingerprint density at radius 1 is 1.35 bits per heavy atom. The standard InChI is InChI=1S/C15H22ClFN2O/c1-18(2)6-12-8-19(9-13(12)10-20)7-11-3-4-14(17)5-15(11)16/h3-5,12-13,20H,6-10H2,1-2H3/t12-,13-/m1/s1. The SMILES string of the molecule is CN(C)C[C@@H]1CN(Cc2ccc(F)cc2Cl)C[C@@H]1CO. The molecule has 0 bridgehead atoms. The van der Waals surface area contributed by atoms with E-state index < -0.39 is 0 Å². The van der Waals surface area contributed by atoms with Gasteiger partial charge >= 0.3 is 0 Å². The summed E-state index contributed by atoms with van der Waals surface area (Å²) in [5, 5.41) is 9.98. The Kier molecular flexibility index (Phi) is 5.38. The van der Waals surface area contributed by atoms with Gasteiger partial charge in [0.05, 0.1) is 0 Å². The molecule has 0 radical (unpaired) electrons. The van der Waals surface area contributed by atoms with Crippen molar-refractivity contribution in [2.24, 2.45) is 11.8 Å². The van der Waals surface area contributed by atoms with Crippen LogP contribution in [-0.2, 0) is 6.54 Å². The summed E-state index contributed by atoms with van der Waals surface area (Å²) in [5.41, 5.74) is 0.940. The molecule has 20 heavy (non-hydrogen) atoms. The van der Waals surface area contributed by atoms with Gasteiger partial charge in [-0.2, -0.15) is 0 Å². The number of aliphatic hydroxyl groups excluding tert-OH is 1. The molecule has 0 saturated carbocycles. The van der Waals surface area contributed by atoms with E-state index >= 15 is 0 Å². The highest BCUT2D eigenvalue weighted by Gasteiger charge is 2.32. The van der Waals surface area contributed by atoms with Gasteiger partial charge in [0.1, 0.15) is 5.82 Å². The highest BCUT2D eigenvalue weighted by Crippen LogP contribution is 2.27. The summed E-state index contributed by atoms with van der Waals surface area (Å²) in [4.78, 5) is 4.44. The number of hydrogen-bond acceptors (Lipinski definition) is 3. The van der Waals surface area contributed by atoms with E-state index in [4.69, 9.17) is 11.6 Å². The quantitative estimate of drug-likeness (QED) is 0.902. The van der Waals surface area contributed by atoms with Crippen molar-refractivity contribution < 1.29 is 9.50 Å². The van der Waals surface area contributed by atoms with E-state index in [0.29, 0.717) is 23.4 Å². The molecule has 0 spiro atoms. The molecule has 2 rings (SSSR count). The van der Waals surface area contributed by atoms with Crippen molar-refractivity contribution in [1.29, 1.82) is 0 Å². The molecule has 1 aliphatic rings. The van der Waals surface area contributed by atoms with Gasteiger partial charge in [0, 0.05) is 37.8 Å². The van der Waals surface area contributed by atoms with Crippen LogP contribution in [0.25, 0.3) is 0 Å². The molecular weight excluding hydrogens is 279 g/mol. The minimum Gasteiger partial charge on any atom is -0.396 e. The van der Waals surface area contributed by atoms with E-state index in [1.54, 1.807) is 6.07 Å². The predicted molar refractivity (Wildman–Crippen MR) is 79.3 cm³/mol. The Labute approximate surface area is 124 Å². The van der Waals surface area contributed by atoms with Gasteiger partial charge in [0.2, 0.25) is 0 Å². The first-order chi connectivity index (χ1) is 9.49. The van der Waals surface area contributed by atoms with E-state index in [9.17, 15) is 9.50 Å². The highest BCUT2D eigenvalue weighted by molar-refractivity contribution is 6.31. The molecule has 2 atom stereocenters. The monoisotopic (exact) mass is 300 g/mol. The molecule has 5 heteroatoms. The van der Waals surface area contributed by atoms with Crippen LogP contribution in [0.1, 0.15) is 5.56 Å². The summed E-state index contributed by atoms with van der Waals surface area (Å²) >= 11 is 6.07. The zero-order valence-electron chi connectivity index (χ0n) is 12.0. The molecule has 0 amide bonds. The first kappa shape index (κ1) is 15.7. The van der Waals surface area contributed by atoms with E-state index in [0.717, 1.165) is 25.2 Å². The fourth-order valence-corrected chi connectivity index (χ4v) is 3.17. The van der Waals surface area contributed by atoms with Gasteiger partial charge in [-0.15, -0.1) is 0 Å². The predicted octanol–water partition coefficient (Wildman–Crippen LogP) is 2.08.